The number of pyridine rings is 1. The lowest BCUT2D eigenvalue weighted by atomic mass is 10.1. The van der Waals surface area contributed by atoms with Crippen LogP contribution in [0.25, 0.3) is 21.8 Å². The molecule has 0 amide bonds. The second-order valence-corrected chi connectivity index (χ2v) is 6.43. The van der Waals surface area contributed by atoms with Gasteiger partial charge in [-0.3, -0.25) is 9.59 Å². The quantitative estimate of drug-likeness (QED) is 0.652. The number of fused-ring (bicyclic) bond motifs is 2. The van der Waals surface area contributed by atoms with E-state index in [-0.39, 0.29) is 22.0 Å². The standard InChI is InChI=1S/C15H8BrCl2NO3/c16-7-1-2-8-11(5-7)19(6-12(20)21)14-9(15(8)22)3-4-10(17)13(14)18/h1-5H,6H2,(H,20,21). The minimum absolute atomic E-state index is 0.166. The zero-order valence-electron chi connectivity index (χ0n) is 10.9. The maximum absolute atomic E-state index is 12.6. The number of nitrogens with zero attached hydrogens (tertiary/aromatic N) is 1. The topological polar surface area (TPSA) is 59.3 Å². The Morgan fingerprint density at radius 2 is 1.86 bits per heavy atom. The Bertz CT molecular complexity index is 998. The van der Waals surface area contributed by atoms with E-state index in [1.54, 1.807) is 24.3 Å². The van der Waals surface area contributed by atoms with Gasteiger partial charge < -0.3 is 9.67 Å². The van der Waals surface area contributed by atoms with Gasteiger partial charge in [0.05, 0.1) is 21.1 Å². The van der Waals surface area contributed by atoms with Gasteiger partial charge in [0.25, 0.3) is 0 Å². The highest BCUT2D eigenvalue weighted by Gasteiger charge is 2.17. The van der Waals surface area contributed by atoms with Crippen LogP contribution in [-0.2, 0) is 11.3 Å². The van der Waals surface area contributed by atoms with E-state index in [4.69, 9.17) is 23.2 Å². The number of aliphatic carboxylic acids is 1. The minimum Gasteiger partial charge on any atom is -0.480 e. The van der Waals surface area contributed by atoms with Gasteiger partial charge in [-0.25, -0.2) is 0 Å². The average molecular weight is 401 g/mol. The number of carboxylic acid groups (broad SMARTS) is 1. The molecule has 0 bridgehead atoms. The number of hydrogen-bond acceptors (Lipinski definition) is 2. The summed E-state index contributed by atoms with van der Waals surface area (Å²) in [6, 6.07) is 8.17. The van der Waals surface area contributed by atoms with Crippen LogP contribution in [0.4, 0.5) is 0 Å². The van der Waals surface area contributed by atoms with Crippen molar-refractivity contribution in [1.82, 2.24) is 4.57 Å². The Balaban J connectivity index is 2.64. The maximum atomic E-state index is 12.6. The van der Waals surface area contributed by atoms with Gasteiger partial charge in [0.15, 0.2) is 5.43 Å². The zero-order chi connectivity index (χ0) is 16.0. The second kappa shape index (κ2) is 5.57. The number of carboxylic acids is 1. The van der Waals surface area contributed by atoms with Crippen LogP contribution in [-0.4, -0.2) is 15.6 Å². The molecule has 0 spiro atoms. The van der Waals surface area contributed by atoms with Crippen molar-refractivity contribution in [3.63, 3.8) is 0 Å². The van der Waals surface area contributed by atoms with Crippen molar-refractivity contribution in [2.75, 3.05) is 0 Å². The first-order valence-electron chi connectivity index (χ1n) is 6.21. The van der Waals surface area contributed by atoms with Gasteiger partial charge in [0.2, 0.25) is 0 Å². The summed E-state index contributed by atoms with van der Waals surface area (Å²) >= 11 is 15.6. The summed E-state index contributed by atoms with van der Waals surface area (Å²) < 4.78 is 2.23. The molecule has 112 valence electrons. The Kier molecular flexibility index (Phi) is 3.89. The van der Waals surface area contributed by atoms with E-state index in [9.17, 15) is 14.7 Å². The van der Waals surface area contributed by atoms with E-state index in [0.29, 0.717) is 21.8 Å². The van der Waals surface area contributed by atoms with Crippen LogP contribution >= 0.6 is 39.1 Å². The first kappa shape index (κ1) is 15.3. The maximum Gasteiger partial charge on any atom is 0.323 e. The molecule has 0 saturated heterocycles. The molecule has 0 aliphatic carbocycles. The van der Waals surface area contributed by atoms with E-state index in [1.165, 1.54) is 10.6 Å². The number of hydrogen-bond donors (Lipinski definition) is 1. The largest absolute Gasteiger partial charge is 0.480 e. The summed E-state index contributed by atoms with van der Waals surface area (Å²) in [7, 11) is 0. The summed E-state index contributed by atoms with van der Waals surface area (Å²) in [5, 5.41) is 10.4. The molecule has 1 heterocycles. The molecular weight excluding hydrogens is 393 g/mol. The number of benzene rings is 2. The lowest BCUT2D eigenvalue weighted by Crippen LogP contribution is -2.16. The smallest absolute Gasteiger partial charge is 0.323 e. The summed E-state index contributed by atoms with van der Waals surface area (Å²) in [5.41, 5.74) is 0.600. The average Bonchev–Trinajstić information content (AvgIpc) is 2.46. The van der Waals surface area contributed by atoms with Gasteiger partial charge in [-0.15, -0.1) is 0 Å². The van der Waals surface area contributed by atoms with Crippen LogP contribution in [0.15, 0.2) is 39.6 Å². The molecule has 22 heavy (non-hydrogen) atoms. The SMILES string of the molecule is O=C(O)Cn1c2cc(Br)ccc2c(=O)c2ccc(Cl)c(Cl)c21. The van der Waals surface area contributed by atoms with Gasteiger partial charge >= 0.3 is 5.97 Å². The summed E-state index contributed by atoms with van der Waals surface area (Å²) in [4.78, 5) is 23.9. The summed E-state index contributed by atoms with van der Waals surface area (Å²) in [5.74, 6) is -1.04. The Hall–Kier alpha value is -1.56. The Morgan fingerprint density at radius 3 is 2.55 bits per heavy atom. The van der Waals surface area contributed by atoms with Crippen LogP contribution in [0.5, 0.6) is 0 Å². The van der Waals surface area contributed by atoms with E-state index in [2.05, 4.69) is 15.9 Å². The third-order valence-corrected chi connectivity index (χ3v) is 4.66. The van der Waals surface area contributed by atoms with Crippen LogP contribution in [0.2, 0.25) is 10.0 Å². The number of carbonyl (C=O) groups is 1. The molecule has 7 heteroatoms. The highest BCUT2D eigenvalue weighted by atomic mass is 79.9. The fourth-order valence-corrected chi connectivity index (χ4v) is 3.24. The molecule has 0 fully saturated rings. The fraction of sp³-hybridized carbons (Fsp3) is 0.0667. The molecule has 1 N–H and O–H groups in total. The predicted molar refractivity (Wildman–Crippen MR) is 91.1 cm³/mol. The number of rotatable bonds is 2. The normalized spacial score (nSPS) is 11.2. The van der Waals surface area contributed by atoms with Gasteiger partial charge in [0, 0.05) is 15.2 Å². The van der Waals surface area contributed by atoms with Crippen molar-refractivity contribution < 1.29 is 9.90 Å². The monoisotopic (exact) mass is 399 g/mol. The van der Waals surface area contributed by atoms with Gasteiger partial charge in [0.1, 0.15) is 6.54 Å². The number of halogens is 3. The fourth-order valence-electron chi connectivity index (χ4n) is 2.47. The lowest BCUT2D eigenvalue weighted by Gasteiger charge is -2.15. The highest BCUT2D eigenvalue weighted by molar-refractivity contribution is 9.10. The van der Waals surface area contributed by atoms with E-state index in [1.807, 2.05) is 0 Å². The molecule has 3 rings (SSSR count). The van der Waals surface area contributed by atoms with E-state index in [0.717, 1.165) is 4.47 Å². The van der Waals surface area contributed by atoms with Gasteiger partial charge in [-0.2, -0.15) is 0 Å². The van der Waals surface area contributed by atoms with Crippen LogP contribution in [0.3, 0.4) is 0 Å². The van der Waals surface area contributed by atoms with E-state index >= 15 is 0 Å². The van der Waals surface area contributed by atoms with E-state index < -0.39 is 5.97 Å². The molecule has 0 radical (unpaired) electrons. The molecule has 0 unspecified atom stereocenters. The molecule has 0 aliphatic rings. The Labute approximate surface area is 143 Å². The minimum atomic E-state index is -1.04. The summed E-state index contributed by atoms with van der Waals surface area (Å²) in [6.45, 7) is -0.330. The van der Waals surface area contributed by atoms with Crippen molar-refractivity contribution in [3.8, 4) is 0 Å². The van der Waals surface area contributed by atoms with Crippen molar-refractivity contribution in [3.05, 3.63) is 55.1 Å². The van der Waals surface area contributed by atoms with Crippen molar-refractivity contribution >= 4 is 66.9 Å². The van der Waals surface area contributed by atoms with Crippen molar-refractivity contribution in [2.24, 2.45) is 0 Å². The highest BCUT2D eigenvalue weighted by Crippen LogP contribution is 2.32. The van der Waals surface area contributed by atoms with Crippen LogP contribution in [0, 0.1) is 0 Å². The third kappa shape index (κ3) is 2.39. The first-order valence-corrected chi connectivity index (χ1v) is 7.76. The first-order chi connectivity index (χ1) is 10.4. The van der Waals surface area contributed by atoms with Gasteiger partial charge in [-0.1, -0.05) is 39.1 Å². The summed E-state index contributed by atoms with van der Waals surface area (Å²) in [6.07, 6.45) is 0. The molecule has 1 aromatic heterocycles. The molecular formula is C15H8BrCl2NO3. The predicted octanol–water partition coefficient (Wildman–Crippen LogP) is 4.31. The van der Waals surface area contributed by atoms with Crippen LogP contribution in [0.1, 0.15) is 0 Å². The molecule has 0 aliphatic heterocycles. The molecule has 0 saturated carbocycles. The van der Waals surface area contributed by atoms with Crippen molar-refractivity contribution in [1.29, 1.82) is 0 Å². The molecule has 2 aromatic carbocycles. The van der Waals surface area contributed by atoms with Crippen molar-refractivity contribution in [2.45, 2.75) is 6.54 Å². The van der Waals surface area contributed by atoms with Crippen LogP contribution < -0.4 is 5.43 Å². The number of aromatic nitrogens is 1. The molecule has 0 atom stereocenters. The second-order valence-electron chi connectivity index (χ2n) is 4.73. The third-order valence-electron chi connectivity index (χ3n) is 3.37. The zero-order valence-corrected chi connectivity index (χ0v) is 14.0. The lowest BCUT2D eigenvalue weighted by molar-refractivity contribution is -0.137. The molecule has 3 aromatic rings. The Morgan fingerprint density at radius 1 is 1.18 bits per heavy atom. The van der Waals surface area contributed by atoms with Gasteiger partial charge in [-0.05, 0) is 30.3 Å². The molecule has 4 nitrogen and oxygen atoms in total.